The minimum Gasteiger partial charge on any atom is -0.462 e. The van der Waals surface area contributed by atoms with Crippen molar-refractivity contribution in [1.29, 1.82) is 0 Å². The molecular weight excluding hydrogens is 322 g/mol. The molecule has 25 heavy (non-hydrogen) atoms. The van der Waals surface area contributed by atoms with Crippen LogP contribution in [-0.4, -0.2) is 29.0 Å². The maximum atomic E-state index is 12.1. The van der Waals surface area contributed by atoms with E-state index in [4.69, 9.17) is 4.74 Å². The maximum absolute atomic E-state index is 12.1. The number of aromatic nitrogens is 1. The third-order valence-electron chi connectivity index (χ3n) is 4.67. The number of nitrogens with zero attached hydrogens (tertiary/aromatic N) is 1. The molecule has 0 spiro atoms. The van der Waals surface area contributed by atoms with Crippen molar-refractivity contribution in [1.82, 2.24) is 15.4 Å². The number of hydrogen-bond acceptors (Lipinski definition) is 4. The number of hydrazine groups is 1. The summed E-state index contributed by atoms with van der Waals surface area (Å²) in [5.74, 6) is -0.866. The highest BCUT2D eigenvalue weighted by molar-refractivity contribution is 5.91. The minimum atomic E-state index is -0.396. The zero-order chi connectivity index (χ0) is 18.4. The average Bonchev–Trinajstić information content (AvgIpc) is 2.89. The highest BCUT2D eigenvalue weighted by atomic mass is 16.5. The van der Waals surface area contributed by atoms with Crippen molar-refractivity contribution in [3.05, 3.63) is 23.0 Å². The zero-order valence-corrected chi connectivity index (χ0v) is 15.2. The molecule has 2 amide bonds. The van der Waals surface area contributed by atoms with E-state index in [0.717, 1.165) is 31.4 Å². The first-order valence-corrected chi connectivity index (χ1v) is 8.86. The van der Waals surface area contributed by atoms with E-state index in [-0.39, 0.29) is 24.3 Å². The molecule has 0 aromatic carbocycles. The Morgan fingerprint density at radius 1 is 1.16 bits per heavy atom. The first kappa shape index (κ1) is 19.0. The van der Waals surface area contributed by atoms with Gasteiger partial charge in [0.2, 0.25) is 5.91 Å². The molecule has 1 aromatic rings. The van der Waals surface area contributed by atoms with Gasteiger partial charge in [0, 0.05) is 17.3 Å². The van der Waals surface area contributed by atoms with E-state index >= 15 is 0 Å². The number of nitrogens with one attached hydrogen (secondary N) is 2. The minimum absolute atomic E-state index is 0.0143. The molecule has 2 N–H and O–H groups in total. The predicted molar refractivity (Wildman–Crippen MR) is 92.7 cm³/mol. The highest BCUT2D eigenvalue weighted by Crippen LogP contribution is 2.23. The highest BCUT2D eigenvalue weighted by Gasteiger charge is 2.22. The summed E-state index contributed by atoms with van der Waals surface area (Å²) in [5.41, 5.74) is 6.90. The molecule has 7 heteroatoms. The van der Waals surface area contributed by atoms with Gasteiger partial charge in [0.15, 0.2) is 0 Å². The molecule has 1 fully saturated rings. The Kier molecular flexibility index (Phi) is 6.61. The van der Waals surface area contributed by atoms with Gasteiger partial charge in [-0.15, -0.1) is 0 Å². The second-order valence-electron chi connectivity index (χ2n) is 6.46. The Morgan fingerprint density at radius 3 is 2.48 bits per heavy atom. The Balaban J connectivity index is 1.92. The normalized spacial score (nSPS) is 14.8. The summed E-state index contributed by atoms with van der Waals surface area (Å²) < 4.78 is 6.75. The molecule has 0 atom stereocenters. The van der Waals surface area contributed by atoms with Crippen LogP contribution in [0, 0.1) is 19.8 Å². The Hall–Kier alpha value is -2.31. The van der Waals surface area contributed by atoms with Crippen LogP contribution in [0.4, 0.5) is 0 Å². The van der Waals surface area contributed by atoms with Crippen LogP contribution in [0.1, 0.15) is 60.8 Å². The number of hydrogen-bond donors (Lipinski definition) is 2. The van der Waals surface area contributed by atoms with E-state index in [9.17, 15) is 14.4 Å². The molecule has 0 radical (unpaired) electrons. The van der Waals surface area contributed by atoms with Gasteiger partial charge < -0.3 is 9.30 Å². The Labute approximate surface area is 148 Å². The smallest absolute Gasteiger partial charge is 0.339 e. The van der Waals surface area contributed by atoms with Crippen LogP contribution in [0.25, 0.3) is 0 Å². The Morgan fingerprint density at radius 2 is 1.84 bits per heavy atom. The van der Waals surface area contributed by atoms with Gasteiger partial charge in [-0.1, -0.05) is 19.3 Å². The summed E-state index contributed by atoms with van der Waals surface area (Å²) in [4.78, 5) is 36.1. The number of aryl methyl sites for hydroxylation is 1. The molecule has 0 bridgehead atoms. The Bertz CT molecular complexity index is 645. The molecule has 2 rings (SSSR count). The maximum Gasteiger partial charge on any atom is 0.339 e. The van der Waals surface area contributed by atoms with Crippen molar-refractivity contribution < 1.29 is 19.1 Å². The van der Waals surface area contributed by atoms with Crippen molar-refractivity contribution in [3.63, 3.8) is 0 Å². The van der Waals surface area contributed by atoms with E-state index < -0.39 is 5.97 Å². The molecule has 0 unspecified atom stereocenters. The molecule has 1 heterocycles. The summed E-state index contributed by atoms with van der Waals surface area (Å²) >= 11 is 0. The number of carbonyl (C=O) groups excluding carboxylic acids is 3. The van der Waals surface area contributed by atoms with E-state index in [2.05, 4.69) is 10.9 Å². The number of rotatable bonds is 5. The topological polar surface area (TPSA) is 89.4 Å². The van der Waals surface area contributed by atoms with Crippen LogP contribution in [-0.2, 0) is 20.9 Å². The molecule has 7 nitrogen and oxygen atoms in total. The lowest BCUT2D eigenvalue weighted by molar-refractivity contribution is -0.132. The van der Waals surface area contributed by atoms with Crippen molar-refractivity contribution in [2.75, 3.05) is 6.61 Å². The average molecular weight is 349 g/mol. The lowest BCUT2D eigenvalue weighted by Gasteiger charge is -2.21. The lowest BCUT2D eigenvalue weighted by Crippen LogP contribution is -2.46. The van der Waals surface area contributed by atoms with Crippen LogP contribution < -0.4 is 10.9 Å². The SMILES string of the molecule is CCOC(=O)c1cc(C)n(CC(=O)NNC(=O)C2CCCCC2)c1C. The van der Waals surface area contributed by atoms with Crippen LogP contribution in [0.15, 0.2) is 6.07 Å². The standard InChI is InChI=1S/C18H27N3O4/c1-4-25-18(24)15-10-12(2)21(13(15)3)11-16(22)19-20-17(23)14-8-6-5-7-9-14/h10,14H,4-9,11H2,1-3H3,(H,19,22)(H,20,23). The third kappa shape index (κ3) is 4.84. The fourth-order valence-electron chi connectivity index (χ4n) is 3.24. The van der Waals surface area contributed by atoms with Gasteiger partial charge in [0.1, 0.15) is 6.54 Å². The monoisotopic (exact) mass is 349 g/mol. The van der Waals surface area contributed by atoms with Crippen molar-refractivity contribution >= 4 is 17.8 Å². The van der Waals surface area contributed by atoms with Crippen molar-refractivity contribution in [2.24, 2.45) is 5.92 Å². The zero-order valence-electron chi connectivity index (χ0n) is 15.2. The third-order valence-corrected chi connectivity index (χ3v) is 4.67. The lowest BCUT2D eigenvalue weighted by atomic mass is 9.89. The summed E-state index contributed by atoms with van der Waals surface area (Å²) in [6.45, 7) is 5.68. The number of esters is 1. The van der Waals surface area contributed by atoms with E-state index in [1.807, 2.05) is 6.92 Å². The molecular formula is C18H27N3O4. The van der Waals surface area contributed by atoms with Crippen LogP contribution in [0.5, 0.6) is 0 Å². The quantitative estimate of drug-likeness (QED) is 0.628. The van der Waals surface area contributed by atoms with E-state index in [1.54, 1.807) is 24.5 Å². The number of amides is 2. The van der Waals surface area contributed by atoms with E-state index in [0.29, 0.717) is 17.9 Å². The molecule has 138 valence electrons. The van der Waals surface area contributed by atoms with Gasteiger partial charge >= 0.3 is 5.97 Å². The molecule has 1 saturated carbocycles. The van der Waals surface area contributed by atoms with Gasteiger partial charge in [-0.2, -0.15) is 0 Å². The second-order valence-corrected chi connectivity index (χ2v) is 6.46. The van der Waals surface area contributed by atoms with Gasteiger partial charge in [0.25, 0.3) is 5.91 Å². The number of ether oxygens (including phenoxy) is 1. The molecule has 1 aromatic heterocycles. The summed E-state index contributed by atoms with van der Waals surface area (Å²) in [6.07, 6.45) is 5.04. The van der Waals surface area contributed by atoms with E-state index in [1.165, 1.54) is 6.42 Å². The summed E-state index contributed by atoms with van der Waals surface area (Å²) in [7, 11) is 0. The van der Waals surface area contributed by atoms with Crippen molar-refractivity contribution in [3.8, 4) is 0 Å². The van der Waals surface area contributed by atoms with Crippen LogP contribution >= 0.6 is 0 Å². The molecule has 0 saturated heterocycles. The van der Waals surface area contributed by atoms with Gasteiger partial charge in [-0.3, -0.25) is 20.4 Å². The predicted octanol–water partition coefficient (Wildman–Crippen LogP) is 2.01. The molecule has 1 aliphatic carbocycles. The summed E-state index contributed by atoms with van der Waals surface area (Å²) in [5, 5.41) is 0. The first-order chi connectivity index (χ1) is 11.9. The number of carbonyl (C=O) groups is 3. The van der Waals surface area contributed by atoms with Gasteiger partial charge in [0.05, 0.1) is 12.2 Å². The fraction of sp³-hybridized carbons (Fsp3) is 0.611. The fourth-order valence-corrected chi connectivity index (χ4v) is 3.24. The van der Waals surface area contributed by atoms with Crippen LogP contribution in [0.2, 0.25) is 0 Å². The van der Waals surface area contributed by atoms with Crippen molar-refractivity contribution in [2.45, 2.75) is 59.4 Å². The largest absolute Gasteiger partial charge is 0.462 e. The van der Waals surface area contributed by atoms with Crippen LogP contribution in [0.3, 0.4) is 0 Å². The first-order valence-electron chi connectivity index (χ1n) is 8.86. The molecule has 1 aliphatic rings. The second kappa shape index (κ2) is 8.69. The molecule has 0 aliphatic heterocycles. The van der Waals surface area contributed by atoms with Gasteiger partial charge in [-0.25, -0.2) is 4.79 Å². The van der Waals surface area contributed by atoms with Gasteiger partial charge in [-0.05, 0) is 39.7 Å². The summed E-state index contributed by atoms with van der Waals surface area (Å²) in [6, 6.07) is 1.71.